The maximum atomic E-state index is 5.36. The van der Waals surface area contributed by atoms with Crippen LogP contribution in [-0.4, -0.2) is 50.2 Å². The van der Waals surface area contributed by atoms with Gasteiger partial charge < -0.3 is 15.0 Å². The average molecular weight is 335 g/mol. The average Bonchev–Trinajstić information content (AvgIpc) is 2.60. The van der Waals surface area contributed by atoms with Crippen molar-refractivity contribution in [2.45, 2.75) is 19.8 Å². The van der Waals surface area contributed by atoms with Crippen LogP contribution in [0.15, 0.2) is 35.4 Å². The zero-order chi connectivity index (χ0) is 16.3. The van der Waals surface area contributed by atoms with Crippen molar-refractivity contribution in [1.29, 1.82) is 0 Å². The Hall–Kier alpha value is -1.50. The van der Waals surface area contributed by atoms with E-state index in [1.807, 2.05) is 18.2 Å². The Balaban J connectivity index is 1.76. The summed E-state index contributed by atoms with van der Waals surface area (Å²) in [7, 11) is 0. The molecule has 1 saturated heterocycles. The second-order valence-corrected chi connectivity index (χ2v) is 6.06. The zero-order valence-corrected chi connectivity index (χ0v) is 14.6. The van der Waals surface area contributed by atoms with Crippen molar-refractivity contribution in [2.75, 3.05) is 39.4 Å². The fourth-order valence-corrected chi connectivity index (χ4v) is 2.70. The molecule has 1 aromatic rings. The van der Waals surface area contributed by atoms with Crippen LogP contribution in [0.3, 0.4) is 0 Å². The molecule has 1 fully saturated rings. The lowest BCUT2D eigenvalue weighted by Gasteiger charge is -2.23. The van der Waals surface area contributed by atoms with Crippen LogP contribution in [0.4, 0.5) is 0 Å². The number of hydrogen-bond donors (Lipinski definition) is 3. The van der Waals surface area contributed by atoms with Crippen LogP contribution in [-0.2, 0) is 4.74 Å². The van der Waals surface area contributed by atoms with Crippen molar-refractivity contribution in [3.05, 3.63) is 35.9 Å². The van der Waals surface area contributed by atoms with Crippen molar-refractivity contribution in [3.8, 4) is 0 Å². The number of rotatable bonds is 7. The van der Waals surface area contributed by atoms with Crippen LogP contribution in [0.1, 0.15) is 25.3 Å². The molecule has 0 aliphatic carbocycles. The molecule has 0 spiro atoms. The largest absolute Gasteiger partial charge is 0.370 e. The fourth-order valence-electron chi connectivity index (χ4n) is 2.55. The molecule has 5 nitrogen and oxygen atoms in total. The lowest BCUT2D eigenvalue weighted by molar-refractivity contribution is -0.906. The summed E-state index contributed by atoms with van der Waals surface area (Å²) in [4.78, 5) is 1.56. The van der Waals surface area contributed by atoms with Gasteiger partial charge in [-0.1, -0.05) is 43.7 Å². The number of benzene rings is 1. The van der Waals surface area contributed by atoms with Crippen molar-refractivity contribution in [3.63, 3.8) is 0 Å². The molecular formula is C17H27N4OS+. The minimum absolute atomic E-state index is 0.585. The van der Waals surface area contributed by atoms with E-state index in [2.05, 4.69) is 34.9 Å². The van der Waals surface area contributed by atoms with E-state index in [1.54, 1.807) is 4.90 Å². The van der Waals surface area contributed by atoms with Gasteiger partial charge in [0.05, 0.1) is 32.0 Å². The Morgan fingerprint density at radius 1 is 1.26 bits per heavy atom. The number of hydrazone groups is 1. The number of thiocarbonyl (C=S) groups is 1. The van der Waals surface area contributed by atoms with Crippen molar-refractivity contribution >= 4 is 23.0 Å². The van der Waals surface area contributed by atoms with Gasteiger partial charge in [-0.3, -0.25) is 5.43 Å². The number of ether oxygens (including phenoxy) is 1. The maximum absolute atomic E-state index is 5.36. The van der Waals surface area contributed by atoms with Gasteiger partial charge in [0.1, 0.15) is 13.1 Å². The van der Waals surface area contributed by atoms with E-state index < -0.39 is 0 Å². The van der Waals surface area contributed by atoms with E-state index in [1.165, 1.54) is 0 Å². The summed E-state index contributed by atoms with van der Waals surface area (Å²) >= 11 is 5.31. The molecule has 0 saturated carbocycles. The van der Waals surface area contributed by atoms with Crippen molar-refractivity contribution in [1.82, 2.24) is 10.7 Å². The monoisotopic (exact) mass is 335 g/mol. The Morgan fingerprint density at radius 2 is 2.00 bits per heavy atom. The van der Waals surface area contributed by atoms with E-state index in [9.17, 15) is 0 Å². The van der Waals surface area contributed by atoms with Gasteiger partial charge >= 0.3 is 0 Å². The van der Waals surface area contributed by atoms with Crippen LogP contribution >= 0.6 is 12.2 Å². The molecule has 0 radical (unpaired) electrons. The minimum atomic E-state index is 0.585. The highest BCUT2D eigenvalue weighted by molar-refractivity contribution is 7.80. The molecule has 0 unspecified atom stereocenters. The van der Waals surface area contributed by atoms with Crippen LogP contribution in [0.2, 0.25) is 0 Å². The number of morpholine rings is 1. The molecule has 1 aromatic carbocycles. The van der Waals surface area contributed by atoms with Crippen LogP contribution in [0, 0.1) is 0 Å². The summed E-state index contributed by atoms with van der Waals surface area (Å²) < 4.78 is 5.36. The number of nitrogens with zero attached hydrogens (tertiary/aromatic N) is 1. The smallest absolute Gasteiger partial charge is 0.187 e. The highest BCUT2D eigenvalue weighted by Gasteiger charge is 2.12. The van der Waals surface area contributed by atoms with E-state index in [-0.39, 0.29) is 0 Å². The molecular weight excluding hydrogens is 308 g/mol. The quantitative estimate of drug-likeness (QED) is 0.387. The van der Waals surface area contributed by atoms with E-state index >= 15 is 0 Å². The Labute approximate surface area is 144 Å². The molecule has 23 heavy (non-hydrogen) atoms. The standard InChI is InChI=1S/C17H26N4OS/c1-2-6-16(15-7-4-3-5-8-15)19-20-17(23)18-9-10-21-11-13-22-14-12-21/h3-5,7-8H,2,6,9-14H2,1H3,(H2,18,20,23)/p+1/b19-16-. The van der Waals surface area contributed by atoms with Gasteiger partial charge in [0.2, 0.25) is 0 Å². The molecule has 0 amide bonds. The number of nitrogens with one attached hydrogen (secondary N) is 3. The van der Waals surface area contributed by atoms with Gasteiger partial charge in [-0.15, -0.1) is 0 Å². The molecule has 0 atom stereocenters. The first-order valence-corrected chi connectivity index (χ1v) is 8.77. The SMILES string of the molecule is CCC/C(=N/NC(=S)NCC[NH+]1CCOCC1)c1ccccc1. The van der Waals surface area contributed by atoms with Crippen LogP contribution < -0.4 is 15.6 Å². The second-order valence-electron chi connectivity index (χ2n) is 5.65. The predicted molar refractivity (Wildman–Crippen MR) is 98.0 cm³/mol. The van der Waals surface area contributed by atoms with Gasteiger partial charge in [-0.2, -0.15) is 5.10 Å². The molecule has 6 heteroatoms. The second kappa shape index (κ2) is 10.3. The van der Waals surface area contributed by atoms with Crippen molar-refractivity contribution in [2.24, 2.45) is 5.10 Å². The topological polar surface area (TPSA) is 50.1 Å². The first-order chi connectivity index (χ1) is 11.3. The molecule has 2 rings (SSSR count). The lowest BCUT2D eigenvalue weighted by atomic mass is 10.1. The van der Waals surface area contributed by atoms with Crippen LogP contribution in [0.25, 0.3) is 0 Å². The van der Waals surface area contributed by atoms with E-state index in [4.69, 9.17) is 17.0 Å². The third-order valence-electron chi connectivity index (χ3n) is 3.85. The summed E-state index contributed by atoms with van der Waals surface area (Å²) in [5.74, 6) is 0. The minimum Gasteiger partial charge on any atom is -0.370 e. The first-order valence-electron chi connectivity index (χ1n) is 8.36. The highest BCUT2D eigenvalue weighted by Crippen LogP contribution is 2.05. The van der Waals surface area contributed by atoms with Gasteiger partial charge in [0.25, 0.3) is 0 Å². The zero-order valence-electron chi connectivity index (χ0n) is 13.8. The third-order valence-corrected chi connectivity index (χ3v) is 4.09. The van der Waals surface area contributed by atoms with E-state index in [0.29, 0.717) is 5.11 Å². The molecule has 1 aliphatic rings. The summed E-state index contributed by atoms with van der Waals surface area (Å²) in [5, 5.41) is 8.30. The molecule has 3 N–H and O–H groups in total. The fraction of sp³-hybridized carbons (Fsp3) is 0.529. The molecule has 0 aromatic heterocycles. The van der Waals surface area contributed by atoms with Gasteiger partial charge in [0.15, 0.2) is 5.11 Å². The molecule has 126 valence electrons. The third kappa shape index (κ3) is 6.64. The molecule has 1 heterocycles. The lowest BCUT2D eigenvalue weighted by Crippen LogP contribution is -3.14. The summed E-state index contributed by atoms with van der Waals surface area (Å²) in [6, 6.07) is 10.2. The summed E-state index contributed by atoms with van der Waals surface area (Å²) in [6.07, 6.45) is 1.98. The first kappa shape index (κ1) is 17.8. The highest BCUT2D eigenvalue weighted by atomic mass is 32.1. The van der Waals surface area contributed by atoms with Crippen LogP contribution in [0.5, 0.6) is 0 Å². The number of hydrogen-bond acceptors (Lipinski definition) is 3. The predicted octanol–water partition coefficient (Wildman–Crippen LogP) is 0.570. The van der Waals surface area contributed by atoms with Gasteiger partial charge in [-0.25, -0.2) is 0 Å². The Morgan fingerprint density at radius 3 is 2.70 bits per heavy atom. The Bertz CT molecular complexity index is 501. The normalized spacial score (nSPS) is 16.1. The summed E-state index contributed by atoms with van der Waals surface area (Å²) in [5.41, 5.74) is 5.16. The van der Waals surface area contributed by atoms with Crippen molar-refractivity contribution < 1.29 is 9.64 Å². The molecule has 1 aliphatic heterocycles. The Kier molecular flexibility index (Phi) is 8.00. The van der Waals surface area contributed by atoms with E-state index in [0.717, 1.165) is 63.5 Å². The summed E-state index contributed by atoms with van der Waals surface area (Å²) in [6.45, 7) is 7.93. The van der Waals surface area contributed by atoms with Gasteiger partial charge in [0, 0.05) is 0 Å². The van der Waals surface area contributed by atoms with Gasteiger partial charge in [-0.05, 0) is 24.2 Å². The maximum Gasteiger partial charge on any atom is 0.187 e. The molecule has 0 bridgehead atoms. The number of quaternary nitrogens is 1.